The lowest BCUT2D eigenvalue weighted by atomic mass is 10.2. The Balaban J connectivity index is 2.59. The van der Waals surface area contributed by atoms with Gasteiger partial charge >= 0.3 is 6.03 Å². The van der Waals surface area contributed by atoms with Gasteiger partial charge in [0.2, 0.25) is 0 Å². The third-order valence-electron chi connectivity index (χ3n) is 2.21. The molecule has 1 rings (SSSR count). The summed E-state index contributed by atoms with van der Waals surface area (Å²) in [7, 11) is 1.60. The molecule has 0 atom stereocenters. The van der Waals surface area contributed by atoms with E-state index in [4.69, 9.17) is 5.11 Å². The Morgan fingerprint density at radius 3 is 2.75 bits per heavy atom. The van der Waals surface area contributed by atoms with Crippen LogP contribution in [0.1, 0.15) is 12.0 Å². The van der Waals surface area contributed by atoms with Gasteiger partial charge in [-0.05, 0) is 24.1 Å². The molecule has 1 aromatic heterocycles. The molecule has 88 valence electrons. The molecule has 0 unspecified atom stereocenters. The first kappa shape index (κ1) is 12.4. The summed E-state index contributed by atoms with van der Waals surface area (Å²) in [6.45, 7) is 1.16. The van der Waals surface area contributed by atoms with E-state index in [9.17, 15) is 4.79 Å². The molecule has 0 aromatic carbocycles. The second-order valence-corrected chi connectivity index (χ2v) is 3.41. The molecular weight excluding hydrogens is 206 g/mol. The summed E-state index contributed by atoms with van der Waals surface area (Å²) in [5.74, 6) is 0. The van der Waals surface area contributed by atoms with E-state index in [0.29, 0.717) is 19.5 Å². The number of amides is 2. The zero-order valence-corrected chi connectivity index (χ0v) is 9.39. The fraction of sp³-hybridized carbons (Fsp3) is 0.455. The Labute approximate surface area is 95.1 Å². The number of nitrogens with one attached hydrogen (secondary N) is 1. The van der Waals surface area contributed by atoms with Gasteiger partial charge in [-0.25, -0.2) is 4.79 Å². The molecule has 0 aliphatic rings. The largest absolute Gasteiger partial charge is 0.396 e. The molecule has 16 heavy (non-hydrogen) atoms. The van der Waals surface area contributed by atoms with Crippen LogP contribution in [0.25, 0.3) is 0 Å². The van der Waals surface area contributed by atoms with Crippen molar-refractivity contribution in [3.63, 3.8) is 0 Å². The summed E-state index contributed by atoms with van der Waals surface area (Å²) in [4.78, 5) is 17.1. The van der Waals surface area contributed by atoms with Gasteiger partial charge < -0.3 is 15.3 Å². The summed E-state index contributed by atoms with van der Waals surface area (Å²) in [6.07, 6.45) is 3.98. The maximum atomic E-state index is 11.5. The molecular formula is C11H17N3O2. The molecule has 0 saturated carbocycles. The Morgan fingerprint density at radius 2 is 2.19 bits per heavy atom. The van der Waals surface area contributed by atoms with Crippen LogP contribution in [0, 0.1) is 0 Å². The van der Waals surface area contributed by atoms with Crippen LogP contribution in [-0.4, -0.2) is 41.2 Å². The maximum absolute atomic E-state index is 11.5. The zero-order valence-electron chi connectivity index (χ0n) is 9.39. The lowest BCUT2D eigenvalue weighted by molar-refractivity contribution is 0.188. The molecule has 0 spiro atoms. The normalized spacial score (nSPS) is 9.88. The number of rotatable bonds is 5. The van der Waals surface area contributed by atoms with E-state index in [1.54, 1.807) is 24.3 Å². The predicted molar refractivity (Wildman–Crippen MR) is 60.8 cm³/mol. The molecule has 0 aliphatic carbocycles. The average molecular weight is 223 g/mol. The molecule has 0 aliphatic heterocycles. The van der Waals surface area contributed by atoms with Gasteiger partial charge in [0.15, 0.2) is 0 Å². The fourth-order valence-electron chi connectivity index (χ4n) is 1.38. The fourth-order valence-corrected chi connectivity index (χ4v) is 1.38. The van der Waals surface area contributed by atoms with Crippen LogP contribution in [0.5, 0.6) is 0 Å². The van der Waals surface area contributed by atoms with Gasteiger partial charge in [-0.1, -0.05) is 0 Å². The lowest BCUT2D eigenvalue weighted by Gasteiger charge is -2.21. The second-order valence-electron chi connectivity index (χ2n) is 3.41. The van der Waals surface area contributed by atoms with Gasteiger partial charge in [0.05, 0.1) is 0 Å². The van der Waals surface area contributed by atoms with Gasteiger partial charge in [-0.2, -0.15) is 0 Å². The summed E-state index contributed by atoms with van der Waals surface area (Å²) >= 11 is 0. The van der Waals surface area contributed by atoms with Crippen molar-refractivity contribution < 1.29 is 9.90 Å². The summed E-state index contributed by atoms with van der Waals surface area (Å²) in [6, 6.07) is 3.61. The molecule has 5 heteroatoms. The van der Waals surface area contributed by atoms with E-state index < -0.39 is 0 Å². The number of urea groups is 1. The summed E-state index contributed by atoms with van der Waals surface area (Å²) in [5, 5.41) is 11.4. The van der Waals surface area contributed by atoms with Crippen molar-refractivity contribution in [3.05, 3.63) is 30.1 Å². The number of hydrogen-bond donors (Lipinski definition) is 2. The molecule has 0 radical (unpaired) electrons. The van der Waals surface area contributed by atoms with Crippen molar-refractivity contribution in [1.82, 2.24) is 15.2 Å². The van der Waals surface area contributed by atoms with Crippen molar-refractivity contribution >= 4 is 6.03 Å². The van der Waals surface area contributed by atoms with Crippen molar-refractivity contribution in [2.24, 2.45) is 0 Å². The van der Waals surface area contributed by atoms with Crippen LogP contribution in [-0.2, 0) is 6.54 Å². The maximum Gasteiger partial charge on any atom is 0.317 e. The molecule has 0 fully saturated rings. The highest BCUT2D eigenvalue weighted by Crippen LogP contribution is 2.04. The Bertz CT molecular complexity index is 316. The van der Waals surface area contributed by atoms with E-state index in [1.807, 2.05) is 12.1 Å². The van der Waals surface area contributed by atoms with E-state index in [2.05, 4.69) is 10.3 Å². The zero-order chi connectivity index (χ0) is 11.8. The third-order valence-corrected chi connectivity index (χ3v) is 2.21. The minimum absolute atomic E-state index is 0.0871. The van der Waals surface area contributed by atoms with E-state index in [-0.39, 0.29) is 12.6 Å². The molecule has 2 amide bonds. The first-order valence-electron chi connectivity index (χ1n) is 5.24. The van der Waals surface area contributed by atoms with Gasteiger partial charge in [0.1, 0.15) is 0 Å². The minimum Gasteiger partial charge on any atom is -0.396 e. The smallest absolute Gasteiger partial charge is 0.317 e. The number of carbonyl (C=O) groups is 1. The number of pyridine rings is 1. The number of carbonyl (C=O) groups excluding carboxylic acids is 1. The first-order chi connectivity index (χ1) is 7.77. The Kier molecular flexibility index (Phi) is 5.28. The summed E-state index contributed by atoms with van der Waals surface area (Å²) in [5.41, 5.74) is 1.02. The van der Waals surface area contributed by atoms with E-state index in [0.717, 1.165) is 5.56 Å². The SMILES string of the molecule is CNC(=O)N(CCCO)Cc1ccncc1. The molecule has 5 nitrogen and oxygen atoms in total. The highest BCUT2D eigenvalue weighted by molar-refractivity contribution is 5.73. The van der Waals surface area contributed by atoms with Crippen LogP contribution < -0.4 is 5.32 Å². The van der Waals surface area contributed by atoms with Gasteiger partial charge in [0, 0.05) is 39.1 Å². The molecule has 1 heterocycles. The van der Waals surface area contributed by atoms with Crippen LogP contribution in [0.2, 0.25) is 0 Å². The number of nitrogens with zero attached hydrogens (tertiary/aromatic N) is 2. The van der Waals surface area contributed by atoms with Gasteiger partial charge in [-0.3, -0.25) is 4.98 Å². The van der Waals surface area contributed by atoms with E-state index in [1.165, 1.54) is 0 Å². The molecule has 0 saturated heterocycles. The molecule has 1 aromatic rings. The predicted octanol–water partition coefficient (Wildman–Crippen LogP) is 0.605. The number of aliphatic hydroxyl groups excluding tert-OH is 1. The van der Waals surface area contributed by atoms with Crippen molar-refractivity contribution in [1.29, 1.82) is 0 Å². The minimum atomic E-state index is -0.134. The van der Waals surface area contributed by atoms with E-state index >= 15 is 0 Å². The number of hydrogen-bond acceptors (Lipinski definition) is 3. The van der Waals surface area contributed by atoms with Gasteiger partial charge in [-0.15, -0.1) is 0 Å². The lowest BCUT2D eigenvalue weighted by Crippen LogP contribution is -2.38. The van der Waals surface area contributed by atoms with Crippen LogP contribution in [0.3, 0.4) is 0 Å². The van der Waals surface area contributed by atoms with Crippen LogP contribution in [0.4, 0.5) is 4.79 Å². The first-order valence-corrected chi connectivity index (χ1v) is 5.24. The molecule has 0 bridgehead atoms. The number of aliphatic hydroxyl groups is 1. The number of aromatic nitrogens is 1. The topological polar surface area (TPSA) is 65.5 Å². The Morgan fingerprint density at radius 1 is 1.50 bits per heavy atom. The quantitative estimate of drug-likeness (QED) is 0.768. The van der Waals surface area contributed by atoms with Crippen molar-refractivity contribution in [3.8, 4) is 0 Å². The standard InChI is InChI=1S/C11H17N3O2/c1-12-11(16)14(7-2-8-15)9-10-3-5-13-6-4-10/h3-6,15H,2,7-9H2,1H3,(H,12,16). The molecule has 2 N–H and O–H groups in total. The van der Waals surface area contributed by atoms with Crippen LogP contribution >= 0.6 is 0 Å². The van der Waals surface area contributed by atoms with Gasteiger partial charge in [0.25, 0.3) is 0 Å². The van der Waals surface area contributed by atoms with Crippen molar-refractivity contribution in [2.75, 3.05) is 20.2 Å². The highest BCUT2D eigenvalue weighted by atomic mass is 16.3. The monoisotopic (exact) mass is 223 g/mol. The van der Waals surface area contributed by atoms with Crippen LogP contribution in [0.15, 0.2) is 24.5 Å². The Hall–Kier alpha value is -1.62. The summed E-state index contributed by atoms with van der Waals surface area (Å²) < 4.78 is 0. The van der Waals surface area contributed by atoms with Crippen molar-refractivity contribution in [2.45, 2.75) is 13.0 Å². The average Bonchev–Trinajstić information content (AvgIpc) is 2.34. The highest BCUT2D eigenvalue weighted by Gasteiger charge is 2.11. The third kappa shape index (κ3) is 3.86. The second kappa shape index (κ2) is 6.79.